The number of aryl methyl sites for hydroxylation is 1. The number of para-hydroxylation sites is 1. The van der Waals surface area contributed by atoms with Crippen molar-refractivity contribution in [3.05, 3.63) is 53.3 Å². The molecular weight excluding hydrogens is 614 g/mol. The number of benzene rings is 2. The number of halogens is 3. The molecule has 43 heavy (non-hydrogen) atoms. The number of fused-ring (bicyclic) bond motifs is 3. The fraction of sp³-hybridized carbons (Fsp3) is 0.448. The van der Waals surface area contributed by atoms with E-state index in [-0.39, 0.29) is 76.5 Å². The van der Waals surface area contributed by atoms with Crippen LogP contribution in [0.5, 0.6) is 5.75 Å². The van der Waals surface area contributed by atoms with Crippen LogP contribution in [0.2, 0.25) is 0 Å². The summed E-state index contributed by atoms with van der Waals surface area (Å²) in [7, 11) is 0. The first-order valence-corrected chi connectivity index (χ1v) is 15.8. The average Bonchev–Trinajstić information content (AvgIpc) is 3.45. The fourth-order valence-electron chi connectivity index (χ4n) is 6.35. The van der Waals surface area contributed by atoms with E-state index in [1.165, 1.54) is 23.5 Å². The Bertz CT molecular complexity index is 1660. The zero-order valence-corrected chi connectivity index (χ0v) is 27.2. The van der Waals surface area contributed by atoms with E-state index in [9.17, 15) is 21.9 Å². The van der Waals surface area contributed by atoms with Crippen LogP contribution >= 0.6 is 11.3 Å². The molecule has 14 heteroatoms. The smallest absolute Gasteiger partial charge is 0.768 e. The summed E-state index contributed by atoms with van der Waals surface area (Å²) in [6.45, 7) is 2.06. The summed E-state index contributed by atoms with van der Waals surface area (Å²) in [4.78, 5) is 7.52. The van der Waals surface area contributed by atoms with Crippen LogP contribution in [0, 0.1) is 6.92 Å². The molecule has 2 bridgehead atoms. The van der Waals surface area contributed by atoms with Gasteiger partial charge in [0.05, 0.1) is 22.9 Å². The second kappa shape index (κ2) is 12.1. The van der Waals surface area contributed by atoms with E-state index in [1.54, 1.807) is 24.3 Å². The van der Waals surface area contributed by atoms with E-state index in [0.29, 0.717) is 17.0 Å². The molecule has 1 aliphatic carbocycles. The van der Waals surface area contributed by atoms with Gasteiger partial charge in [0, 0.05) is 34.0 Å². The minimum absolute atomic E-state index is 0. The van der Waals surface area contributed by atoms with Crippen LogP contribution in [-0.2, 0) is 22.4 Å². The van der Waals surface area contributed by atoms with Crippen molar-refractivity contribution in [2.75, 3.05) is 4.90 Å². The second-order valence-corrected chi connectivity index (χ2v) is 13.2. The third kappa shape index (κ3) is 6.27. The Hall–Kier alpha value is -2.00. The standard InChI is InChI=1S/C29H28F3N3O5S2.Na/c1-15-10-20(42(36)37)13-24-25(15)33-28(41-24)35-17-8-9-18(35)12-19(11-17)38-14-22-26(34-40-27(22)16-6-7-16)21-4-2-3-5-23(21)39-29(30,31)32;/h2-5,10,13,16-19H,6-9,11-12,14H2,1H3,(H,36,37);/q;+1/p-1/t17-,18+,19+;. The van der Waals surface area contributed by atoms with Crippen molar-refractivity contribution < 1.29 is 65.5 Å². The summed E-state index contributed by atoms with van der Waals surface area (Å²) in [5.74, 6) is 0.545. The monoisotopic (exact) mass is 641 g/mol. The van der Waals surface area contributed by atoms with Crippen LogP contribution in [0.4, 0.5) is 18.3 Å². The summed E-state index contributed by atoms with van der Waals surface area (Å²) < 4.78 is 79.7. The van der Waals surface area contributed by atoms with Crippen LogP contribution in [-0.4, -0.2) is 43.5 Å². The van der Waals surface area contributed by atoms with Gasteiger partial charge in [0.15, 0.2) is 5.13 Å². The number of rotatable bonds is 8. The molecule has 2 aromatic heterocycles. The number of thiazole rings is 1. The third-order valence-electron chi connectivity index (χ3n) is 8.35. The number of hydrogen-bond donors (Lipinski definition) is 0. The molecule has 3 fully saturated rings. The number of ether oxygens (including phenoxy) is 2. The topological polar surface area (TPSA) is 101 Å². The Balaban J connectivity index is 0.00000329. The van der Waals surface area contributed by atoms with Crippen molar-refractivity contribution in [3.8, 4) is 17.0 Å². The van der Waals surface area contributed by atoms with Crippen molar-refractivity contribution in [1.29, 1.82) is 0 Å². The quantitative estimate of drug-likeness (QED) is 0.210. The Morgan fingerprint density at radius 3 is 2.53 bits per heavy atom. The maximum absolute atomic E-state index is 13.1. The normalized spacial score (nSPS) is 22.5. The third-order valence-corrected chi connectivity index (χ3v) is 9.99. The second-order valence-electron chi connectivity index (χ2n) is 11.2. The van der Waals surface area contributed by atoms with Gasteiger partial charge in [-0.25, -0.2) is 4.98 Å². The van der Waals surface area contributed by atoms with Crippen molar-refractivity contribution in [3.63, 3.8) is 0 Å². The van der Waals surface area contributed by atoms with Crippen molar-refractivity contribution in [1.82, 2.24) is 10.1 Å². The van der Waals surface area contributed by atoms with E-state index in [0.717, 1.165) is 59.4 Å². The molecule has 2 aliphatic heterocycles. The number of anilines is 1. The molecular formula is C29H27F3N3NaO5S2. The van der Waals surface area contributed by atoms with E-state index < -0.39 is 17.4 Å². The van der Waals surface area contributed by atoms with Crippen LogP contribution in [0.1, 0.15) is 61.3 Å². The molecule has 0 N–H and O–H groups in total. The van der Waals surface area contributed by atoms with Crippen LogP contribution in [0.25, 0.3) is 21.5 Å². The zero-order chi connectivity index (χ0) is 29.2. The van der Waals surface area contributed by atoms with Crippen molar-refractivity contribution in [2.24, 2.45) is 0 Å². The molecule has 4 heterocycles. The van der Waals surface area contributed by atoms with E-state index >= 15 is 0 Å². The number of aromatic nitrogens is 2. The molecule has 4 atom stereocenters. The average molecular weight is 642 g/mol. The fourth-order valence-corrected chi connectivity index (χ4v) is 8.14. The molecule has 2 saturated heterocycles. The first-order valence-electron chi connectivity index (χ1n) is 13.9. The molecule has 4 aromatic rings. The molecule has 1 saturated carbocycles. The largest absolute Gasteiger partial charge is 1.00 e. The van der Waals surface area contributed by atoms with Gasteiger partial charge in [0.25, 0.3) is 0 Å². The Labute approximate surface area is 274 Å². The summed E-state index contributed by atoms with van der Waals surface area (Å²) >= 11 is -0.788. The maximum atomic E-state index is 13.1. The molecule has 7 rings (SSSR count). The van der Waals surface area contributed by atoms with Gasteiger partial charge in [0.2, 0.25) is 0 Å². The van der Waals surface area contributed by atoms with Gasteiger partial charge in [-0.2, -0.15) is 0 Å². The SMILES string of the molecule is Cc1cc(S(=O)[O-])cc2sc(N3[C@@H]4CC[C@H]3C[C@@H](OCc3c(-c5ccccc5OC(F)(F)F)noc3C3CC3)C4)nc12.[Na+]. The molecule has 222 valence electrons. The van der Waals surface area contributed by atoms with E-state index in [1.807, 2.05) is 6.92 Å². The van der Waals surface area contributed by atoms with Crippen LogP contribution in [0.15, 0.2) is 45.8 Å². The molecule has 0 amide bonds. The number of piperidine rings is 1. The van der Waals surface area contributed by atoms with Gasteiger partial charge >= 0.3 is 35.9 Å². The van der Waals surface area contributed by atoms with Gasteiger partial charge in [0.1, 0.15) is 17.2 Å². The minimum atomic E-state index is -4.83. The molecule has 3 aliphatic rings. The van der Waals surface area contributed by atoms with Crippen molar-refractivity contribution in [2.45, 2.75) is 87.4 Å². The van der Waals surface area contributed by atoms with Gasteiger partial charge in [-0.05, 0) is 86.4 Å². The summed E-state index contributed by atoms with van der Waals surface area (Å²) in [6, 6.07) is 9.74. The number of alkyl halides is 3. The number of nitrogens with zero attached hydrogens (tertiary/aromatic N) is 3. The van der Waals surface area contributed by atoms with Crippen LogP contribution < -0.4 is 39.2 Å². The van der Waals surface area contributed by atoms with E-state index in [2.05, 4.69) is 14.8 Å². The predicted octanol–water partition coefficient (Wildman–Crippen LogP) is 3.99. The maximum Gasteiger partial charge on any atom is 1.00 e. The Morgan fingerprint density at radius 1 is 1.14 bits per heavy atom. The number of hydrogen-bond acceptors (Lipinski definition) is 9. The molecule has 1 unspecified atom stereocenters. The van der Waals surface area contributed by atoms with Crippen molar-refractivity contribution >= 4 is 37.8 Å². The Kier molecular flexibility index (Phi) is 8.70. The molecule has 0 spiro atoms. The Morgan fingerprint density at radius 2 is 1.86 bits per heavy atom. The summed E-state index contributed by atoms with van der Waals surface area (Å²) in [5, 5.41) is 5.08. The molecule has 8 nitrogen and oxygen atoms in total. The minimum Gasteiger partial charge on any atom is -0.768 e. The summed E-state index contributed by atoms with van der Waals surface area (Å²) in [6.07, 6.45) is 0.593. The molecule has 0 radical (unpaired) electrons. The van der Waals surface area contributed by atoms with Crippen LogP contribution in [0.3, 0.4) is 0 Å². The van der Waals surface area contributed by atoms with Gasteiger partial charge in [-0.3, -0.25) is 4.21 Å². The predicted molar refractivity (Wildman–Crippen MR) is 149 cm³/mol. The first-order chi connectivity index (χ1) is 20.1. The van der Waals surface area contributed by atoms with Gasteiger partial charge in [-0.15, -0.1) is 13.2 Å². The summed E-state index contributed by atoms with van der Waals surface area (Å²) in [5.41, 5.74) is 2.87. The molecule has 2 aromatic carbocycles. The van der Waals surface area contributed by atoms with Gasteiger partial charge in [-0.1, -0.05) is 28.6 Å². The first kappa shape index (κ1) is 31.0. The van der Waals surface area contributed by atoms with E-state index in [4.69, 9.17) is 14.2 Å². The van der Waals surface area contributed by atoms with Gasteiger partial charge < -0.3 is 23.4 Å². The zero-order valence-electron chi connectivity index (χ0n) is 23.6.